The van der Waals surface area contributed by atoms with Gasteiger partial charge in [0.25, 0.3) is 0 Å². The molecule has 0 N–H and O–H groups in total. The summed E-state index contributed by atoms with van der Waals surface area (Å²) in [5.41, 5.74) is 3.38. The van der Waals surface area contributed by atoms with Gasteiger partial charge in [-0.3, -0.25) is 9.79 Å². The fourth-order valence-corrected chi connectivity index (χ4v) is 3.11. The zero-order valence-corrected chi connectivity index (χ0v) is 15.3. The number of hydrogen-bond acceptors (Lipinski definition) is 4. The molecule has 1 heterocycles. The maximum absolute atomic E-state index is 13.2. The predicted octanol–water partition coefficient (Wildman–Crippen LogP) is 5.12. The number of Topliss-reactive ketones (excluding diaryl/α,β-unsaturated/α-hetero) is 1. The van der Waals surface area contributed by atoms with E-state index >= 15 is 0 Å². The Labute approximate surface area is 162 Å². The minimum absolute atomic E-state index is 0.0581. The average Bonchev–Trinajstić information content (AvgIpc) is 2.73. The molecule has 0 fully saturated rings. The monoisotopic (exact) mass is 375 g/mol. The molecule has 0 aromatic heterocycles. The first kappa shape index (κ1) is 17.9. The molecule has 0 unspecified atom stereocenters. The Bertz CT molecular complexity index is 1040. The van der Waals surface area contributed by atoms with Crippen molar-refractivity contribution < 1.29 is 18.7 Å². The number of halogens is 1. The highest BCUT2D eigenvalue weighted by Gasteiger charge is 2.24. The molecule has 0 saturated carbocycles. The standard InChI is InChI=1S/C23H18FNO3/c1-27-22-11-18-20(13-23(22)28-14-15-5-3-2-4-6-15)25-19(12-21(18)26)16-7-9-17(24)10-8-16/h2-11,13H,12,14H2,1H3. The highest BCUT2D eigenvalue weighted by Crippen LogP contribution is 2.38. The molecule has 3 aromatic carbocycles. The summed E-state index contributed by atoms with van der Waals surface area (Å²) in [7, 11) is 1.54. The topological polar surface area (TPSA) is 47.9 Å². The van der Waals surface area contributed by atoms with Gasteiger partial charge in [0.2, 0.25) is 0 Å². The predicted molar refractivity (Wildman–Crippen MR) is 105 cm³/mol. The summed E-state index contributed by atoms with van der Waals surface area (Å²) in [5.74, 6) is 0.621. The van der Waals surface area contributed by atoms with Gasteiger partial charge < -0.3 is 9.47 Å². The molecule has 0 atom stereocenters. The number of hydrogen-bond donors (Lipinski definition) is 0. The largest absolute Gasteiger partial charge is 0.493 e. The van der Waals surface area contributed by atoms with Crippen LogP contribution in [0.4, 0.5) is 10.1 Å². The van der Waals surface area contributed by atoms with Gasteiger partial charge in [0, 0.05) is 11.6 Å². The van der Waals surface area contributed by atoms with Crippen molar-refractivity contribution in [2.75, 3.05) is 7.11 Å². The smallest absolute Gasteiger partial charge is 0.171 e. The number of rotatable bonds is 5. The summed E-state index contributed by atoms with van der Waals surface area (Å²) in [6, 6.07) is 19.1. The lowest BCUT2D eigenvalue weighted by Crippen LogP contribution is -2.15. The summed E-state index contributed by atoms with van der Waals surface area (Å²) < 4.78 is 24.5. The van der Waals surface area contributed by atoms with Crippen LogP contribution in [0.25, 0.3) is 0 Å². The summed E-state index contributed by atoms with van der Waals surface area (Å²) in [4.78, 5) is 17.3. The second-order valence-corrected chi connectivity index (χ2v) is 6.46. The van der Waals surface area contributed by atoms with E-state index in [0.29, 0.717) is 35.1 Å². The van der Waals surface area contributed by atoms with Crippen molar-refractivity contribution in [1.82, 2.24) is 0 Å². The molecule has 0 radical (unpaired) electrons. The first-order valence-electron chi connectivity index (χ1n) is 8.89. The Kier molecular flexibility index (Phi) is 4.89. The minimum atomic E-state index is -0.326. The van der Waals surface area contributed by atoms with Gasteiger partial charge in [-0.2, -0.15) is 0 Å². The van der Waals surface area contributed by atoms with E-state index in [-0.39, 0.29) is 18.0 Å². The van der Waals surface area contributed by atoms with Crippen molar-refractivity contribution in [2.45, 2.75) is 13.0 Å². The van der Waals surface area contributed by atoms with Gasteiger partial charge in [-0.1, -0.05) is 42.5 Å². The third kappa shape index (κ3) is 3.64. The van der Waals surface area contributed by atoms with Crippen molar-refractivity contribution in [2.24, 2.45) is 4.99 Å². The molecule has 3 aromatic rings. The molecule has 4 nitrogen and oxygen atoms in total. The maximum atomic E-state index is 13.2. The van der Waals surface area contributed by atoms with Crippen LogP contribution in [-0.2, 0) is 6.61 Å². The molecule has 0 aliphatic carbocycles. The van der Waals surface area contributed by atoms with E-state index in [1.54, 1.807) is 24.3 Å². The number of nitrogens with zero attached hydrogens (tertiary/aromatic N) is 1. The van der Waals surface area contributed by atoms with Crippen LogP contribution in [0.3, 0.4) is 0 Å². The number of carbonyl (C=O) groups excluding carboxylic acids is 1. The van der Waals surface area contributed by atoms with E-state index in [0.717, 1.165) is 11.1 Å². The van der Waals surface area contributed by atoms with Crippen molar-refractivity contribution in [3.05, 3.63) is 89.2 Å². The van der Waals surface area contributed by atoms with Gasteiger partial charge >= 0.3 is 0 Å². The van der Waals surface area contributed by atoms with Crippen LogP contribution in [0.5, 0.6) is 11.5 Å². The van der Waals surface area contributed by atoms with E-state index in [1.165, 1.54) is 19.2 Å². The van der Waals surface area contributed by atoms with Crippen LogP contribution in [-0.4, -0.2) is 18.6 Å². The summed E-state index contributed by atoms with van der Waals surface area (Å²) in [6.45, 7) is 0.373. The Hall–Kier alpha value is -3.47. The van der Waals surface area contributed by atoms with Crippen LogP contribution < -0.4 is 9.47 Å². The number of ketones is 1. The lowest BCUT2D eigenvalue weighted by Gasteiger charge is -2.18. The molecule has 140 valence electrons. The van der Waals surface area contributed by atoms with Crippen LogP contribution >= 0.6 is 0 Å². The Morgan fingerprint density at radius 1 is 1.00 bits per heavy atom. The van der Waals surface area contributed by atoms with Gasteiger partial charge in [-0.15, -0.1) is 0 Å². The van der Waals surface area contributed by atoms with Crippen LogP contribution in [0.2, 0.25) is 0 Å². The summed E-state index contributed by atoms with van der Waals surface area (Å²) in [5, 5.41) is 0. The van der Waals surface area contributed by atoms with Gasteiger partial charge in [0.15, 0.2) is 17.3 Å². The van der Waals surface area contributed by atoms with Gasteiger partial charge in [-0.25, -0.2) is 4.39 Å². The Morgan fingerprint density at radius 2 is 1.75 bits per heavy atom. The highest BCUT2D eigenvalue weighted by atomic mass is 19.1. The minimum Gasteiger partial charge on any atom is -0.493 e. The normalized spacial score (nSPS) is 12.9. The molecule has 0 saturated heterocycles. The highest BCUT2D eigenvalue weighted by molar-refractivity contribution is 6.21. The molecular weight excluding hydrogens is 357 g/mol. The quantitative estimate of drug-likeness (QED) is 0.622. The van der Waals surface area contributed by atoms with E-state index in [1.807, 2.05) is 30.3 Å². The van der Waals surface area contributed by atoms with E-state index in [9.17, 15) is 9.18 Å². The SMILES string of the molecule is COc1cc2c(cc1OCc1ccccc1)N=C(c1ccc(F)cc1)CC2=O. The maximum Gasteiger partial charge on any atom is 0.171 e. The third-order valence-corrected chi connectivity index (χ3v) is 4.58. The number of aliphatic imine (C=N–C) groups is 1. The van der Waals surface area contributed by atoms with Crippen molar-refractivity contribution in [1.29, 1.82) is 0 Å². The lowest BCUT2D eigenvalue weighted by atomic mass is 9.95. The zero-order valence-electron chi connectivity index (χ0n) is 15.3. The van der Waals surface area contributed by atoms with Crippen molar-refractivity contribution in [3.63, 3.8) is 0 Å². The van der Waals surface area contributed by atoms with Crippen LogP contribution in [0.15, 0.2) is 71.7 Å². The van der Waals surface area contributed by atoms with Gasteiger partial charge in [0.1, 0.15) is 12.4 Å². The van der Waals surface area contributed by atoms with Gasteiger partial charge in [0.05, 0.1) is 24.9 Å². The van der Waals surface area contributed by atoms with Crippen LogP contribution in [0, 0.1) is 5.82 Å². The Morgan fingerprint density at radius 3 is 2.46 bits per heavy atom. The molecule has 28 heavy (non-hydrogen) atoms. The van der Waals surface area contributed by atoms with E-state index in [4.69, 9.17) is 9.47 Å². The fourth-order valence-electron chi connectivity index (χ4n) is 3.11. The molecule has 0 bridgehead atoms. The lowest BCUT2D eigenvalue weighted by molar-refractivity contribution is 0.0999. The fraction of sp³-hybridized carbons (Fsp3) is 0.130. The van der Waals surface area contributed by atoms with Crippen molar-refractivity contribution >= 4 is 17.2 Å². The number of fused-ring (bicyclic) bond motifs is 1. The number of methoxy groups -OCH3 is 1. The third-order valence-electron chi connectivity index (χ3n) is 4.58. The second-order valence-electron chi connectivity index (χ2n) is 6.46. The molecule has 1 aliphatic rings. The summed E-state index contributed by atoms with van der Waals surface area (Å²) in [6.07, 6.45) is 0.159. The molecule has 4 rings (SSSR count). The van der Waals surface area contributed by atoms with Crippen molar-refractivity contribution in [3.8, 4) is 11.5 Å². The molecule has 5 heteroatoms. The first-order valence-corrected chi connectivity index (χ1v) is 8.89. The van der Waals surface area contributed by atoms with E-state index in [2.05, 4.69) is 4.99 Å². The van der Waals surface area contributed by atoms with Gasteiger partial charge in [-0.05, 0) is 29.3 Å². The zero-order chi connectivity index (χ0) is 19.5. The second kappa shape index (κ2) is 7.64. The number of benzene rings is 3. The van der Waals surface area contributed by atoms with Crippen LogP contribution in [0.1, 0.15) is 27.9 Å². The summed E-state index contributed by atoms with van der Waals surface area (Å²) >= 11 is 0. The molecule has 1 aliphatic heterocycles. The molecular formula is C23H18FNO3. The molecule has 0 amide bonds. The Balaban J connectivity index is 1.68. The number of carbonyl (C=O) groups is 1. The average molecular weight is 375 g/mol. The number of ether oxygens (including phenoxy) is 2. The first-order chi connectivity index (χ1) is 13.6. The molecule has 0 spiro atoms. The van der Waals surface area contributed by atoms with E-state index < -0.39 is 0 Å².